The second-order valence-corrected chi connectivity index (χ2v) is 5.61. The molecule has 1 amide bonds. The van der Waals surface area contributed by atoms with Crippen molar-refractivity contribution in [3.63, 3.8) is 0 Å². The van der Waals surface area contributed by atoms with E-state index in [-0.39, 0.29) is 12.0 Å². The molecule has 1 aliphatic heterocycles. The van der Waals surface area contributed by atoms with Gasteiger partial charge in [0.2, 0.25) is 5.91 Å². The van der Waals surface area contributed by atoms with Gasteiger partial charge in [0, 0.05) is 18.5 Å². The predicted molar refractivity (Wildman–Crippen MR) is 89.6 cm³/mol. The van der Waals surface area contributed by atoms with Gasteiger partial charge in [-0.05, 0) is 12.1 Å². The number of hydrogen-bond acceptors (Lipinski definition) is 5. The van der Waals surface area contributed by atoms with E-state index >= 15 is 0 Å². The zero-order chi connectivity index (χ0) is 16.9. The van der Waals surface area contributed by atoms with E-state index in [2.05, 4.69) is 9.97 Å². The molecule has 24 heavy (non-hydrogen) atoms. The molecule has 1 aromatic carbocycles. The van der Waals surface area contributed by atoms with E-state index < -0.39 is 0 Å². The summed E-state index contributed by atoms with van der Waals surface area (Å²) in [6, 6.07) is 7.69. The van der Waals surface area contributed by atoms with Gasteiger partial charge in [0.1, 0.15) is 11.9 Å². The molecule has 1 fully saturated rings. The summed E-state index contributed by atoms with van der Waals surface area (Å²) in [5.41, 5.74) is 2.43. The topological polar surface area (TPSA) is 64.6 Å². The largest absolute Gasteiger partial charge is 0.497 e. The second kappa shape index (κ2) is 7.40. The molecule has 0 bridgehead atoms. The summed E-state index contributed by atoms with van der Waals surface area (Å²) < 4.78 is 11.1. The minimum atomic E-state index is -0.243. The quantitative estimate of drug-likeness (QED) is 0.863. The van der Waals surface area contributed by atoms with Crippen LogP contribution in [0.4, 0.5) is 0 Å². The molecule has 0 spiro atoms. The van der Waals surface area contributed by atoms with Crippen LogP contribution in [-0.2, 0) is 9.53 Å². The molecular formula is C18H21N3O3. The lowest BCUT2D eigenvalue weighted by molar-refractivity contribution is -0.138. The zero-order valence-corrected chi connectivity index (χ0v) is 13.9. The predicted octanol–water partition coefficient (Wildman–Crippen LogP) is 2.46. The normalized spacial score (nSPS) is 17.6. The van der Waals surface area contributed by atoms with Crippen molar-refractivity contribution in [3.05, 3.63) is 42.4 Å². The molecular weight excluding hydrogens is 306 g/mol. The Morgan fingerprint density at radius 1 is 1.42 bits per heavy atom. The van der Waals surface area contributed by atoms with Gasteiger partial charge in [0.05, 0.1) is 44.0 Å². The van der Waals surface area contributed by atoms with Gasteiger partial charge in [0.25, 0.3) is 0 Å². The number of benzene rings is 1. The van der Waals surface area contributed by atoms with Crippen LogP contribution in [0.25, 0.3) is 11.3 Å². The smallest absolute Gasteiger partial charge is 0.222 e. The Balaban J connectivity index is 1.83. The SMILES string of the molecule is CCC(=O)N1CCO[C@H](c2cncc(-c3cccc(OC)c3)n2)C1. The molecule has 2 heterocycles. The molecule has 0 N–H and O–H groups in total. The third kappa shape index (κ3) is 3.54. The van der Waals surface area contributed by atoms with E-state index in [1.807, 2.05) is 36.1 Å². The first-order valence-electron chi connectivity index (χ1n) is 8.07. The van der Waals surface area contributed by atoms with Crippen molar-refractivity contribution in [1.29, 1.82) is 0 Å². The van der Waals surface area contributed by atoms with Gasteiger partial charge in [-0.2, -0.15) is 0 Å². The highest BCUT2D eigenvalue weighted by molar-refractivity contribution is 5.75. The Morgan fingerprint density at radius 3 is 3.08 bits per heavy atom. The fourth-order valence-electron chi connectivity index (χ4n) is 2.74. The van der Waals surface area contributed by atoms with Crippen molar-refractivity contribution >= 4 is 5.91 Å². The fourth-order valence-corrected chi connectivity index (χ4v) is 2.74. The molecule has 6 heteroatoms. The highest BCUT2D eigenvalue weighted by Crippen LogP contribution is 2.25. The summed E-state index contributed by atoms with van der Waals surface area (Å²) in [6.07, 6.45) is 3.68. The Morgan fingerprint density at radius 2 is 2.29 bits per heavy atom. The maximum Gasteiger partial charge on any atom is 0.222 e. The lowest BCUT2D eigenvalue weighted by atomic mass is 10.1. The number of rotatable bonds is 4. The third-order valence-corrected chi connectivity index (χ3v) is 4.07. The first kappa shape index (κ1) is 16.4. The molecule has 0 aliphatic carbocycles. The number of amides is 1. The average Bonchev–Trinajstić information content (AvgIpc) is 2.67. The molecule has 126 valence electrons. The van der Waals surface area contributed by atoms with Crippen molar-refractivity contribution < 1.29 is 14.3 Å². The first-order valence-corrected chi connectivity index (χ1v) is 8.07. The monoisotopic (exact) mass is 327 g/mol. The molecule has 6 nitrogen and oxygen atoms in total. The van der Waals surface area contributed by atoms with E-state index in [0.29, 0.717) is 26.1 Å². The van der Waals surface area contributed by atoms with Crippen LogP contribution in [0.2, 0.25) is 0 Å². The molecule has 0 saturated carbocycles. The summed E-state index contributed by atoms with van der Waals surface area (Å²) in [5.74, 6) is 0.911. The van der Waals surface area contributed by atoms with E-state index in [1.54, 1.807) is 19.5 Å². The third-order valence-electron chi connectivity index (χ3n) is 4.07. The van der Waals surface area contributed by atoms with Gasteiger partial charge in [-0.15, -0.1) is 0 Å². The number of nitrogens with zero attached hydrogens (tertiary/aromatic N) is 3. The number of methoxy groups -OCH3 is 1. The van der Waals surface area contributed by atoms with Crippen LogP contribution in [0.3, 0.4) is 0 Å². The molecule has 1 aromatic heterocycles. The van der Waals surface area contributed by atoms with Gasteiger partial charge < -0.3 is 14.4 Å². The Labute approximate surface area is 141 Å². The molecule has 2 aromatic rings. The summed E-state index contributed by atoms with van der Waals surface area (Å²) in [7, 11) is 1.64. The summed E-state index contributed by atoms with van der Waals surface area (Å²) >= 11 is 0. The maximum atomic E-state index is 11.9. The van der Waals surface area contributed by atoms with Gasteiger partial charge in [0.15, 0.2) is 0 Å². The lowest BCUT2D eigenvalue weighted by Crippen LogP contribution is -2.42. The van der Waals surface area contributed by atoms with Crippen molar-refractivity contribution in [2.24, 2.45) is 0 Å². The summed E-state index contributed by atoms with van der Waals surface area (Å²) in [6.45, 7) is 3.53. The van der Waals surface area contributed by atoms with Gasteiger partial charge in [-0.25, -0.2) is 4.98 Å². The zero-order valence-electron chi connectivity index (χ0n) is 13.9. The van der Waals surface area contributed by atoms with E-state index in [0.717, 1.165) is 22.7 Å². The van der Waals surface area contributed by atoms with Crippen LogP contribution >= 0.6 is 0 Å². The summed E-state index contributed by atoms with van der Waals surface area (Å²) in [5, 5.41) is 0. The number of carbonyl (C=O) groups excluding carboxylic acids is 1. The van der Waals surface area contributed by atoms with Crippen LogP contribution in [0.15, 0.2) is 36.7 Å². The molecule has 3 rings (SSSR count). The molecule has 0 unspecified atom stereocenters. The van der Waals surface area contributed by atoms with Gasteiger partial charge in [-0.1, -0.05) is 19.1 Å². The molecule has 1 aliphatic rings. The van der Waals surface area contributed by atoms with Crippen LogP contribution in [-0.4, -0.2) is 47.6 Å². The van der Waals surface area contributed by atoms with E-state index in [9.17, 15) is 4.79 Å². The minimum Gasteiger partial charge on any atom is -0.497 e. The number of ether oxygens (including phenoxy) is 2. The number of carbonyl (C=O) groups is 1. The van der Waals surface area contributed by atoms with Crippen molar-refractivity contribution in [2.75, 3.05) is 26.8 Å². The van der Waals surface area contributed by atoms with Crippen molar-refractivity contribution in [1.82, 2.24) is 14.9 Å². The lowest BCUT2D eigenvalue weighted by Gasteiger charge is -2.32. The highest BCUT2D eigenvalue weighted by atomic mass is 16.5. The minimum absolute atomic E-state index is 0.139. The Hall–Kier alpha value is -2.47. The van der Waals surface area contributed by atoms with Crippen molar-refractivity contribution in [2.45, 2.75) is 19.4 Å². The summed E-state index contributed by atoms with van der Waals surface area (Å²) in [4.78, 5) is 22.7. The Kier molecular flexibility index (Phi) is 5.05. The molecule has 1 atom stereocenters. The molecule has 0 radical (unpaired) electrons. The van der Waals surface area contributed by atoms with Crippen LogP contribution in [0.5, 0.6) is 5.75 Å². The molecule has 1 saturated heterocycles. The number of hydrogen-bond donors (Lipinski definition) is 0. The number of aromatic nitrogens is 2. The average molecular weight is 327 g/mol. The van der Waals surface area contributed by atoms with E-state index in [1.165, 1.54) is 0 Å². The Bertz CT molecular complexity index is 720. The highest BCUT2D eigenvalue weighted by Gasteiger charge is 2.26. The van der Waals surface area contributed by atoms with Crippen LogP contribution in [0.1, 0.15) is 25.1 Å². The first-order chi connectivity index (χ1) is 11.7. The standard InChI is InChI=1S/C18H21N3O3/c1-3-18(22)21-7-8-24-17(12-21)16-11-19-10-15(20-16)13-5-4-6-14(9-13)23-2/h4-6,9-11,17H,3,7-8,12H2,1-2H3/t17-/m0/s1. The van der Waals surface area contributed by atoms with Crippen molar-refractivity contribution in [3.8, 4) is 17.0 Å². The maximum absolute atomic E-state index is 11.9. The van der Waals surface area contributed by atoms with E-state index in [4.69, 9.17) is 9.47 Å². The number of morpholine rings is 1. The second-order valence-electron chi connectivity index (χ2n) is 5.61. The fraction of sp³-hybridized carbons (Fsp3) is 0.389. The van der Waals surface area contributed by atoms with Crippen LogP contribution < -0.4 is 4.74 Å². The van der Waals surface area contributed by atoms with Gasteiger partial charge >= 0.3 is 0 Å². The van der Waals surface area contributed by atoms with Crippen LogP contribution in [0, 0.1) is 0 Å². The van der Waals surface area contributed by atoms with Gasteiger partial charge in [-0.3, -0.25) is 9.78 Å².